The van der Waals surface area contributed by atoms with Crippen LogP contribution in [0.5, 0.6) is 0 Å². The number of rotatable bonds is 5. The quantitative estimate of drug-likeness (QED) is 0.461. The smallest absolute Gasteiger partial charge is 0.169 e. The van der Waals surface area contributed by atoms with Crippen LogP contribution in [0.15, 0.2) is 60.2 Å². The minimum absolute atomic E-state index is 0.0652. The Kier molecular flexibility index (Phi) is 4.39. The molecular formula is C21H19N3OS. The molecule has 26 heavy (non-hydrogen) atoms. The van der Waals surface area contributed by atoms with E-state index in [2.05, 4.69) is 23.4 Å². The van der Waals surface area contributed by atoms with E-state index in [9.17, 15) is 4.79 Å². The molecule has 0 saturated heterocycles. The third kappa shape index (κ3) is 3.06. The van der Waals surface area contributed by atoms with Gasteiger partial charge in [-0.2, -0.15) is 0 Å². The number of carbonyl (C=O) groups is 1. The largest absolute Gasteiger partial charge is 0.330 e. The lowest BCUT2D eigenvalue weighted by atomic mass is 10.0. The van der Waals surface area contributed by atoms with Crippen molar-refractivity contribution in [1.29, 1.82) is 0 Å². The van der Waals surface area contributed by atoms with Gasteiger partial charge in [-0.05, 0) is 49.6 Å². The summed E-state index contributed by atoms with van der Waals surface area (Å²) >= 11 is 1.63. The number of hydrogen-bond acceptors (Lipinski definition) is 4. The van der Waals surface area contributed by atoms with Crippen molar-refractivity contribution in [1.82, 2.24) is 14.5 Å². The van der Waals surface area contributed by atoms with Gasteiger partial charge in [-0.1, -0.05) is 12.1 Å². The van der Waals surface area contributed by atoms with Crippen molar-refractivity contribution in [2.24, 2.45) is 0 Å². The van der Waals surface area contributed by atoms with E-state index in [1.807, 2.05) is 54.0 Å². The second kappa shape index (κ2) is 6.84. The summed E-state index contributed by atoms with van der Waals surface area (Å²) in [7, 11) is 0. The molecule has 0 aliphatic heterocycles. The number of thiophene rings is 1. The van der Waals surface area contributed by atoms with Crippen LogP contribution in [0.3, 0.4) is 0 Å². The number of nitrogens with zero attached hydrogens (tertiary/aromatic N) is 3. The van der Waals surface area contributed by atoms with Crippen molar-refractivity contribution in [2.75, 3.05) is 0 Å². The molecule has 0 aromatic carbocycles. The van der Waals surface area contributed by atoms with Crippen LogP contribution in [-0.2, 0) is 6.42 Å². The van der Waals surface area contributed by atoms with Crippen molar-refractivity contribution >= 4 is 28.2 Å². The van der Waals surface area contributed by atoms with E-state index in [-0.39, 0.29) is 18.2 Å². The summed E-state index contributed by atoms with van der Waals surface area (Å²) in [5.41, 5.74) is 3.19. The molecule has 0 aliphatic carbocycles. The lowest BCUT2D eigenvalue weighted by Gasteiger charge is -2.11. The number of ketones is 1. The van der Waals surface area contributed by atoms with Crippen LogP contribution >= 0.6 is 11.3 Å². The molecule has 0 atom stereocenters. The summed E-state index contributed by atoms with van der Waals surface area (Å²) in [6.45, 7) is 4.24. The van der Waals surface area contributed by atoms with Gasteiger partial charge >= 0.3 is 0 Å². The zero-order chi connectivity index (χ0) is 18.1. The van der Waals surface area contributed by atoms with Gasteiger partial charge in [0.25, 0.3) is 0 Å². The fourth-order valence-electron chi connectivity index (χ4n) is 3.09. The first kappa shape index (κ1) is 16.7. The Bertz CT molecular complexity index is 1050. The highest BCUT2D eigenvalue weighted by molar-refractivity contribution is 7.13. The average molecular weight is 361 g/mol. The predicted octanol–water partition coefficient (Wildman–Crippen LogP) is 5.17. The zero-order valence-corrected chi connectivity index (χ0v) is 15.5. The van der Waals surface area contributed by atoms with Gasteiger partial charge in [0.05, 0.1) is 17.0 Å². The molecule has 0 amide bonds. The predicted molar refractivity (Wildman–Crippen MR) is 106 cm³/mol. The summed E-state index contributed by atoms with van der Waals surface area (Å²) in [4.78, 5) is 23.3. The van der Waals surface area contributed by atoms with Crippen LogP contribution in [0.25, 0.3) is 21.6 Å². The van der Waals surface area contributed by atoms with Gasteiger partial charge in [0.2, 0.25) is 0 Å². The Morgan fingerprint density at radius 2 is 2.08 bits per heavy atom. The molecule has 0 saturated carbocycles. The fourth-order valence-corrected chi connectivity index (χ4v) is 3.77. The molecule has 4 rings (SSSR count). The molecule has 0 unspecified atom stereocenters. The number of pyridine rings is 2. The van der Waals surface area contributed by atoms with E-state index >= 15 is 0 Å². The van der Waals surface area contributed by atoms with Crippen molar-refractivity contribution < 1.29 is 4.79 Å². The van der Waals surface area contributed by atoms with Crippen LogP contribution in [0, 0.1) is 0 Å². The highest BCUT2D eigenvalue weighted by Gasteiger charge is 2.18. The highest BCUT2D eigenvalue weighted by atomic mass is 32.1. The number of carbonyl (C=O) groups excluding carboxylic acids is 1. The maximum Gasteiger partial charge on any atom is 0.169 e. The van der Waals surface area contributed by atoms with Gasteiger partial charge in [0.1, 0.15) is 5.65 Å². The first-order valence-corrected chi connectivity index (χ1v) is 9.50. The third-order valence-corrected chi connectivity index (χ3v) is 5.28. The van der Waals surface area contributed by atoms with Gasteiger partial charge in [-0.25, -0.2) is 4.98 Å². The Balaban J connectivity index is 1.85. The van der Waals surface area contributed by atoms with Crippen LogP contribution < -0.4 is 0 Å². The van der Waals surface area contributed by atoms with Crippen molar-refractivity contribution in [3.63, 3.8) is 0 Å². The number of fused-ring (bicyclic) bond motifs is 1. The minimum atomic E-state index is 0.0652. The van der Waals surface area contributed by atoms with Gasteiger partial charge in [0, 0.05) is 35.1 Å². The summed E-state index contributed by atoms with van der Waals surface area (Å²) in [5, 5.41) is 2.93. The van der Waals surface area contributed by atoms with Gasteiger partial charge in [-0.15, -0.1) is 11.3 Å². The lowest BCUT2D eigenvalue weighted by molar-refractivity contribution is 0.0993. The summed E-state index contributed by atoms with van der Waals surface area (Å²) in [5.74, 6) is 0.0652. The van der Waals surface area contributed by atoms with Crippen LogP contribution in [-0.4, -0.2) is 20.3 Å². The molecule has 4 aromatic rings. The first-order valence-electron chi connectivity index (χ1n) is 8.62. The molecule has 5 heteroatoms. The highest BCUT2D eigenvalue weighted by Crippen LogP contribution is 2.30. The number of aromatic nitrogens is 3. The van der Waals surface area contributed by atoms with E-state index in [1.165, 1.54) is 0 Å². The van der Waals surface area contributed by atoms with Crippen LogP contribution in [0.1, 0.15) is 35.9 Å². The van der Waals surface area contributed by atoms with E-state index in [0.29, 0.717) is 5.56 Å². The average Bonchev–Trinajstić information content (AvgIpc) is 3.31. The Labute approximate surface area is 156 Å². The molecular weight excluding hydrogens is 342 g/mol. The standard InChI is InChI=1S/C21H19N3OS/c1-14(2)24-10-8-16-17(19(25)12-15-6-3-4-9-22-15)13-18(23-21(16)24)20-7-5-11-26-20/h3-11,13-14H,12H2,1-2H3. The molecule has 4 nitrogen and oxygen atoms in total. The van der Waals surface area contributed by atoms with Crippen molar-refractivity contribution in [2.45, 2.75) is 26.3 Å². The second-order valence-electron chi connectivity index (χ2n) is 6.51. The summed E-state index contributed by atoms with van der Waals surface area (Å²) in [6.07, 6.45) is 4.02. The van der Waals surface area contributed by atoms with Crippen LogP contribution in [0.4, 0.5) is 0 Å². The summed E-state index contributed by atoms with van der Waals surface area (Å²) in [6, 6.07) is 13.9. The van der Waals surface area contributed by atoms with Gasteiger partial charge in [-0.3, -0.25) is 9.78 Å². The maximum absolute atomic E-state index is 13.1. The molecule has 0 aliphatic rings. The normalized spacial score (nSPS) is 11.3. The molecule has 0 radical (unpaired) electrons. The molecule has 0 spiro atoms. The third-order valence-electron chi connectivity index (χ3n) is 4.38. The summed E-state index contributed by atoms with van der Waals surface area (Å²) < 4.78 is 2.12. The first-order chi connectivity index (χ1) is 12.6. The minimum Gasteiger partial charge on any atom is -0.330 e. The van der Waals surface area contributed by atoms with E-state index < -0.39 is 0 Å². The van der Waals surface area contributed by atoms with E-state index in [4.69, 9.17) is 4.98 Å². The van der Waals surface area contributed by atoms with E-state index in [0.717, 1.165) is 27.3 Å². The number of hydrogen-bond donors (Lipinski definition) is 0. The van der Waals surface area contributed by atoms with Crippen LogP contribution in [0.2, 0.25) is 0 Å². The topological polar surface area (TPSA) is 47.8 Å². The Morgan fingerprint density at radius 1 is 1.19 bits per heavy atom. The fraction of sp³-hybridized carbons (Fsp3) is 0.190. The molecule has 4 aromatic heterocycles. The SMILES string of the molecule is CC(C)n1ccc2c(C(=O)Cc3ccccn3)cc(-c3cccs3)nc21. The molecule has 4 heterocycles. The molecule has 130 valence electrons. The van der Waals surface area contributed by atoms with Crippen molar-refractivity contribution in [3.8, 4) is 10.6 Å². The Morgan fingerprint density at radius 3 is 2.77 bits per heavy atom. The van der Waals surface area contributed by atoms with Crippen molar-refractivity contribution in [3.05, 3.63) is 71.5 Å². The second-order valence-corrected chi connectivity index (χ2v) is 7.46. The molecule has 0 bridgehead atoms. The molecule has 0 fully saturated rings. The van der Waals surface area contributed by atoms with E-state index in [1.54, 1.807) is 17.5 Å². The Hall–Kier alpha value is -2.79. The lowest BCUT2D eigenvalue weighted by Crippen LogP contribution is -2.07. The van der Waals surface area contributed by atoms with Gasteiger partial charge in [0.15, 0.2) is 5.78 Å². The zero-order valence-electron chi connectivity index (χ0n) is 14.7. The maximum atomic E-state index is 13.1. The molecule has 0 N–H and O–H groups in total. The number of Topliss-reactive ketones (excluding diaryl/α,β-unsaturated/α-hetero) is 1. The monoisotopic (exact) mass is 361 g/mol. The van der Waals surface area contributed by atoms with Gasteiger partial charge < -0.3 is 4.57 Å².